The van der Waals surface area contributed by atoms with E-state index in [0.717, 1.165) is 18.1 Å². The third-order valence-electron chi connectivity index (χ3n) is 4.99. The fraction of sp³-hybridized carbons (Fsp3) is 0.429. The number of carbonyl (C=O) groups is 1. The van der Waals surface area contributed by atoms with Crippen molar-refractivity contribution in [2.24, 2.45) is 4.99 Å². The van der Waals surface area contributed by atoms with Crippen molar-refractivity contribution in [2.75, 3.05) is 0 Å². The number of aliphatic imine (C=N–C) groups is 1. The van der Waals surface area contributed by atoms with Gasteiger partial charge < -0.3 is 4.42 Å². The van der Waals surface area contributed by atoms with Gasteiger partial charge >= 0.3 is 6.11 Å². The van der Waals surface area contributed by atoms with Crippen molar-refractivity contribution in [3.8, 4) is 0 Å². The van der Waals surface area contributed by atoms with Crippen LogP contribution in [0.3, 0.4) is 0 Å². The van der Waals surface area contributed by atoms with Crippen LogP contribution in [-0.4, -0.2) is 22.9 Å². The van der Waals surface area contributed by atoms with Gasteiger partial charge in [-0.2, -0.15) is 8.78 Å². The number of carbonyl (C=O) groups excluding carboxylic acids is 1. The number of nitrogens with zero attached hydrogens (tertiary/aromatic N) is 1. The molecule has 1 atom stereocenters. The van der Waals surface area contributed by atoms with Gasteiger partial charge in [-0.1, -0.05) is 68.0 Å². The van der Waals surface area contributed by atoms with Gasteiger partial charge in [-0.05, 0) is 38.3 Å². The van der Waals surface area contributed by atoms with Gasteiger partial charge in [0.2, 0.25) is 11.6 Å². The van der Waals surface area contributed by atoms with Crippen LogP contribution in [0.25, 0.3) is 5.57 Å². The van der Waals surface area contributed by atoms with E-state index in [9.17, 15) is 18.0 Å². The normalized spacial score (nSPS) is 14.7. The number of Topliss-reactive ketones (excluding diaryl/α,β-unsaturated/α-hetero) is 1. The molecule has 0 aromatic carbocycles. The first-order valence-corrected chi connectivity index (χ1v) is 12.1. The number of hydrogen-bond acceptors (Lipinski definition) is 4. The third-order valence-corrected chi connectivity index (χ3v) is 5.23. The van der Waals surface area contributed by atoms with Crippen molar-refractivity contribution in [1.82, 2.24) is 0 Å². The van der Waals surface area contributed by atoms with Crippen molar-refractivity contribution in [3.63, 3.8) is 0 Å². The molecule has 0 amide bonds. The maximum atomic E-state index is 14.5. The topological polar surface area (TPSA) is 51.8 Å². The van der Waals surface area contributed by atoms with E-state index in [2.05, 4.69) is 29.5 Å². The van der Waals surface area contributed by atoms with Crippen molar-refractivity contribution >= 4 is 33.8 Å². The highest BCUT2D eigenvalue weighted by atomic mass is 35.5. The molecule has 36 heavy (non-hydrogen) atoms. The minimum atomic E-state index is -3.80. The van der Waals surface area contributed by atoms with E-state index in [1.165, 1.54) is 26.0 Å². The monoisotopic (exact) mass is 525 g/mol. The summed E-state index contributed by atoms with van der Waals surface area (Å²) in [6.07, 6.45) is 1.84. The second kappa shape index (κ2) is 14.2. The lowest BCUT2D eigenvalue weighted by atomic mass is 10.0. The zero-order valence-corrected chi connectivity index (χ0v) is 22.2. The average molecular weight is 526 g/mol. The molecule has 0 N–H and O–H groups in total. The Hall–Kier alpha value is -2.64. The summed E-state index contributed by atoms with van der Waals surface area (Å²) >= 11 is 6.14. The average Bonchev–Trinajstić information content (AvgIpc) is 3.17. The number of ketones is 1. The molecular weight excluding hydrogens is 491 g/mol. The van der Waals surface area contributed by atoms with Gasteiger partial charge in [-0.25, -0.2) is 9.38 Å². The quantitative estimate of drug-likeness (QED) is 0.123. The molecule has 1 aromatic heterocycles. The highest BCUT2D eigenvalue weighted by Crippen LogP contribution is 2.38. The molecule has 0 spiro atoms. The molecule has 1 aromatic rings. The molecule has 0 bridgehead atoms. The number of furan rings is 1. The van der Waals surface area contributed by atoms with Crippen LogP contribution in [0.15, 0.2) is 70.7 Å². The third kappa shape index (κ3) is 10.2. The van der Waals surface area contributed by atoms with Crippen molar-refractivity contribution in [2.45, 2.75) is 78.2 Å². The Morgan fingerprint density at radius 1 is 1.25 bits per heavy atom. The molecule has 0 radical (unpaired) electrons. The minimum absolute atomic E-state index is 0.0297. The lowest BCUT2D eigenvalue weighted by Crippen LogP contribution is -2.34. The Labute approximate surface area is 217 Å². The van der Waals surface area contributed by atoms with Gasteiger partial charge in [0.25, 0.3) is 0 Å². The summed E-state index contributed by atoms with van der Waals surface area (Å²) in [6.45, 7) is 17.9. The van der Waals surface area contributed by atoms with Crippen molar-refractivity contribution in [1.29, 1.82) is 0 Å². The van der Waals surface area contributed by atoms with Crippen molar-refractivity contribution < 1.29 is 27.1 Å². The van der Waals surface area contributed by atoms with Gasteiger partial charge in [0, 0.05) is 25.3 Å². The smallest absolute Gasteiger partial charge is 0.362 e. The summed E-state index contributed by atoms with van der Waals surface area (Å²) in [5.41, 5.74) is 1.42. The summed E-state index contributed by atoms with van der Waals surface area (Å²) in [7, 11) is 0. The van der Waals surface area contributed by atoms with Crippen LogP contribution in [0.5, 0.6) is 0 Å². The summed E-state index contributed by atoms with van der Waals surface area (Å²) in [5, 5.41) is 0.197. The first-order chi connectivity index (χ1) is 16.8. The lowest BCUT2D eigenvalue weighted by molar-refractivity contribution is -0.315. The Bertz CT molecular complexity index is 1050. The maximum absolute atomic E-state index is 14.5. The molecule has 198 valence electrons. The maximum Gasteiger partial charge on any atom is 0.362 e. The molecular formula is C28H35ClF3NO3. The number of hydrogen-bond donors (Lipinski definition) is 0. The highest BCUT2D eigenvalue weighted by molar-refractivity contribution is 6.65. The highest BCUT2D eigenvalue weighted by Gasteiger charge is 2.41. The summed E-state index contributed by atoms with van der Waals surface area (Å²) in [5.74, 6) is -2.69. The lowest BCUT2D eigenvalue weighted by Gasteiger charge is -2.27. The van der Waals surface area contributed by atoms with E-state index in [0.29, 0.717) is 0 Å². The van der Waals surface area contributed by atoms with Gasteiger partial charge in [0.1, 0.15) is 10.9 Å². The number of halogens is 4. The van der Waals surface area contributed by atoms with Crippen LogP contribution in [0, 0.1) is 0 Å². The van der Waals surface area contributed by atoms with Crippen LogP contribution >= 0.6 is 11.6 Å². The molecule has 0 aliphatic rings. The first-order valence-electron chi connectivity index (χ1n) is 11.7. The molecule has 8 heteroatoms. The van der Waals surface area contributed by atoms with Crippen LogP contribution in [0.1, 0.15) is 82.5 Å². The standard InChI is InChI=1S/C28H35ClF3NO3/c1-8-12-19(5)16-23(34)24-17-22(33-25(29)13-9-2)26(35-24)21(7)15-20(6)18-28(31,32)36-27(30,11-4)14-10-3/h9-10,12,14,17H,2,6-8,11,13,15-16,18H2,1,3-5H3/b14-10+,19-12+,33-25?. The van der Waals surface area contributed by atoms with Gasteiger partial charge in [0.05, 0.1) is 6.42 Å². The second-order valence-corrected chi connectivity index (χ2v) is 8.89. The van der Waals surface area contributed by atoms with Crippen molar-refractivity contribution in [3.05, 3.63) is 72.8 Å². The Morgan fingerprint density at radius 2 is 1.92 bits per heavy atom. The molecule has 4 nitrogen and oxygen atoms in total. The summed E-state index contributed by atoms with van der Waals surface area (Å²) in [4.78, 5) is 17.0. The van der Waals surface area contributed by atoms with Gasteiger partial charge in [0.15, 0.2) is 11.5 Å². The predicted octanol–water partition coefficient (Wildman–Crippen LogP) is 9.66. The van der Waals surface area contributed by atoms with Gasteiger partial charge in [-0.15, -0.1) is 6.58 Å². The molecule has 1 heterocycles. The fourth-order valence-corrected chi connectivity index (χ4v) is 3.60. The number of rotatable bonds is 16. The summed E-state index contributed by atoms with van der Waals surface area (Å²) < 4.78 is 53.7. The summed E-state index contributed by atoms with van der Waals surface area (Å²) in [6, 6.07) is 1.45. The predicted molar refractivity (Wildman–Crippen MR) is 142 cm³/mol. The fourth-order valence-electron chi connectivity index (χ4n) is 3.40. The van der Waals surface area contributed by atoms with Gasteiger partial charge in [-0.3, -0.25) is 9.53 Å². The molecule has 1 rings (SSSR count). The second-order valence-electron chi connectivity index (χ2n) is 8.45. The van der Waals surface area contributed by atoms with E-state index < -0.39 is 18.4 Å². The van der Waals surface area contributed by atoms with E-state index in [-0.39, 0.29) is 65.0 Å². The van der Waals surface area contributed by atoms with E-state index >= 15 is 0 Å². The van der Waals surface area contributed by atoms with E-state index in [4.69, 9.17) is 16.0 Å². The van der Waals surface area contributed by atoms with E-state index in [1.54, 1.807) is 6.08 Å². The SMILES string of the molecule is C=CCC(Cl)=Nc1cc(C(=O)C/C(C)=C/CC)oc1C(=C)CC(=C)CC(F)(F)OC(F)(/C=C/C)CC. The number of ether oxygens (including phenoxy) is 1. The van der Waals surface area contributed by atoms with Crippen LogP contribution in [0.4, 0.5) is 18.9 Å². The molecule has 0 fully saturated rings. The molecule has 0 saturated heterocycles. The molecule has 0 saturated carbocycles. The van der Waals surface area contributed by atoms with Crippen LogP contribution < -0.4 is 0 Å². The van der Waals surface area contributed by atoms with Crippen LogP contribution in [0.2, 0.25) is 0 Å². The Morgan fingerprint density at radius 3 is 2.47 bits per heavy atom. The largest absolute Gasteiger partial charge is 0.451 e. The number of allylic oxidation sites excluding steroid dienone is 5. The zero-order valence-electron chi connectivity index (χ0n) is 21.4. The Balaban J connectivity index is 3.16. The van der Waals surface area contributed by atoms with Crippen LogP contribution in [-0.2, 0) is 4.74 Å². The molecule has 0 aliphatic heterocycles. The Kier molecular flexibility index (Phi) is 12.4. The number of alkyl halides is 3. The van der Waals surface area contributed by atoms with E-state index in [1.807, 2.05) is 19.9 Å². The first kappa shape index (κ1) is 31.4. The molecule has 0 aliphatic carbocycles. The molecule has 1 unspecified atom stereocenters. The zero-order chi connectivity index (χ0) is 27.5. The minimum Gasteiger partial charge on any atom is -0.451 e.